The molecule has 1 aromatic carbocycles. The smallest absolute Gasteiger partial charge is 0.0613 e. The molecule has 1 nitrogen and oxygen atoms in total. The van der Waals surface area contributed by atoms with Gasteiger partial charge in [-0.2, -0.15) is 0 Å². The molecule has 0 radical (unpaired) electrons. The number of rotatable bonds is 3. The fourth-order valence-corrected chi connectivity index (χ4v) is 4.37. The predicted octanol–water partition coefficient (Wildman–Crippen LogP) is 4.30. The summed E-state index contributed by atoms with van der Waals surface area (Å²) in [7, 11) is 0. The van der Waals surface area contributed by atoms with Gasteiger partial charge >= 0.3 is 0 Å². The van der Waals surface area contributed by atoms with Crippen molar-refractivity contribution in [3.63, 3.8) is 0 Å². The molecule has 1 fully saturated rings. The van der Waals surface area contributed by atoms with Gasteiger partial charge in [-0.3, -0.25) is 0 Å². The number of aliphatic hydroxyl groups excluding tert-OH is 1. The number of fused-ring (bicyclic) bond motifs is 1. The molecular formula is C19H28O. The second-order valence-corrected chi connectivity index (χ2v) is 7.57. The molecule has 1 aromatic rings. The molecule has 110 valence electrons. The van der Waals surface area contributed by atoms with E-state index in [1.54, 1.807) is 0 Å². The minimum atomic E-state index is -0.176. The molecule has 1 saturated carbocycles. The Morgan fingerprint density at radius 3 is 2.75 bits per heavy atom. The van der Waals surface area contributed by atoms with Crippen LogP contribution in [0, 0.1) is 11.3 Å². The van der Waals surface area contributed by atoms with Gasteiger partial charge in [0.05, 0.1) is 6.10 Å². The van der Waals surface area contributed by atoms with Crippen molar-refractivity contribution in [2.24, 2.45) is 11.3 Å². The van der Waals surface area contributed by atoms with Gasteiger partial charge in [-0.15, -0.1) is 0 Å². The Hall–Kier alpha value is -0.820. The van der Waals surface area contributed by atoms with E-state index in [1.165, 1.54) is 61.6 Å². The lowest BCUT2D eigenvalue weighted by molar-refractivity contribution is 0.00580. The van der Waals surface area contributed by atoms with E-state index in [1.807, 2.05) is 0 Å². The van der Waals surface area contributed by atoms with E-state index in [9.17, 15) is 5.11 Å². The summed E-state index contributed by atoms with van der Waals surface area (Å²) in [5, 5.41) is 10.7. The number of hydrogen-bond acceptors (Lipinski definition) is 1. The van der Waals surface area contributed by atoms with Crippen LogP contribution in [0.25, 0.3) is 0 Å². The molecule has 0 aliphatic heterocycles. The van der Waals surface area contributed by atoms with E-state index in [0.29, 0.717) is 11.3 Å². The molecule has 0 aromatic heterocycles. The zero-order valence-corrected chi connectivity index (χ0v) is 13.0. The highest BCUT2D eigenvalue weighted by Crippen LogP contribution is 2.43. The van der Waals surface area contributed by atoms with E-state index >= 15 is 0 Å². The SMILES string of the molecule is CC1(C)CCCCC1C(O)Cc1ccc2c(c1)CCC2. The summed E-state index contributed by atoms with van der Waals surface area (Å²) in [5.41, 5.74) is 4.69. The van der Waals surface area contributed by atoms with Crippen molar-refractivity contribution in [2.45, 2.75) is 71.3 Å². The van der Waals surface area contributed by atoms with Gasteiger partial charge in [-0.25, -0.2) is 0 Å². The Kier molecular flexibility index (Phi) is 3.90. The van der Waals surface area contributed by atoms with Gasteiger partial charge in [-0.1, -0.05) is 44.9 Å². The second kappa shape index (κ2) is 5.52. The molecule has 0 spiro atoms. The van der Waals surface area contributed by atoms with Crippen molar-refractivity contribution < 1.29 is 5.11 Å². The Labute approximate surface area is 123 Å². The van der Waals surface area contributed by atoms with Crippen LogP contribution in [0.15, 0.2) is 18.2 Å². The molecule has 2 aliphatic rings. The monoisotopic (exact) mass is 272 g/mol. The van der Waals surface area contributed by atoms with Crippen molar-refractivity contribution in [3.8, 4) is 0 Å². The van der Waals surface area contributed by atoms with Crippen molar-refractivity contribution in [1.29, 1.82) is 0 Å². The second-order valence-electron chi connectivity index (χ2n) is 7.57. The topological polar surface area (TPSA) is 20.2 Å². The Bertz CT molecular complexity index is 475. The third-order valence-electron chi connectivity index (χ3n) is 5.66. The van der Waals surface area contributed by atoms with Gasteiger partial charge in [-0.05, 0) is 66.5 Å². The molecule has 2 aliphatic carbocycles. The molecule has 20 heavy (non-hydrogen) atoms. The summed E-state index contributed by atoms with van der Waals surface area (Å²) in [5.74, 6) is 0.463. The molecule has 0 saturated heterocycles. The lowest BCUT2D eigenvalue weighted by atomic mass is 9.66. The van der Waals surface area contributed by atoms with E-state index in [2.05, 4.69) is 32.0 Å². The molecule has 1 heteroatoms. The van der Waals surface area contributed by atoms with Gasteiger partial charge in [0.15, 0.2) is 0 Å². The number of aryl methyl sites for hydroxylation is 2. The predicted molar refractivity (Wildman–Crippen MR) is 83.9 cm³/mol. The first-order valence-electron chi connectivity index (χ1n) is 8.35. The first-order valence-corrected chi connectivity index (χ1v) is 8.35. The summed E-state index contributed by atoms with van der Waals surface area (Å²) in [6.45, 7) is 4.67. The highest BCUT2D eigenvalue weighted by atomic mass is 16.3. The standard InChI is InChI=1S/C19H28O/c1-19(2)11-4-3-8-17(19)18(20)13-14-9-10-15-6-5-7-16(15)12-14/h9-10,12,17-18,20H,3-8,11,13H2,1-2H3. The van der Waals surface area contributed by atoms with Crippen LogP contribution in [0.1, 0.15) is 62.6 Å². The molecule has 2 atom stereocenters. The van der Waals surface area contributed by atoms with Gasteiger partial charge in [0.25, 0.3) is 0 Å². The van der Waals surface area contributed by atoms with E-state index in [0.717, 1.165) is 6.42 Å². The third-order valence-corrected chi connectivity index (χ3v) is 5.66. The maximum atomic E-state index is 10.7. The lowest BCUT2D eigenvalue weighted by Gasteiger charge is -2.41. The van der Waals surface area contributed by atoms with Gasteiger partial charge in [0.2, 0.25) is 0 Å². The fourth-order valence-electron chi connectivity index (χ4n) is 4.37. The van der Waals surface area contributed by atoms with Crippen LogP contribution in [0.2, 0.25) is 0 Å². The largest absolute Gasteiger partial charge is 0.392 e. The number of aliphatic hydroxyl groups is 1. The van der Waals surface area contributed by atoms with Crippen molar-refractivity contribution in [1.82, 2.24) is 0 Å². The Morgan fingerprint density at radius 1 is 1.15 bits per heavy atom. The molecule has 0 bridgehead atoms. The highest BCUT2D eigenvalue weighted by molar-refractivity contribution is 5.35. The minimum absolute atomic E-state index is 0.176. The third kappa shape index (κ3) is 2.79. The maximum Gasteiger partial charge on any atom is 0.0613 e. The highest BCUT2D eigenvalue weighted by Gasteiger charge is 2.36. The summed E-state index contributed by atoms with van der Waals surface area (Å²) in [4.78, 5) is 0. The maximum absolute atomic E-state index is 10.7. The van der Waals surface area contributed by atoms with Crippen LogP contribution in [0.3, 0.4) is 0 Å². The van der Waals surface area contributed by atoms with Crippen LogP contribution < -0.4 is 0 Å². The summed E-state index contributed by atoms with van der Waals surface area (Å²) in [6.07, 6.45) is 9.51. The van der Waals surface area contributed by atoms with Gasteiger partial charge < -0.3 is 5.11 Å². The van der Waals surface area contributed by atoms with E-state index in [4.69, 9.17) is 0 Å². The minimum Gasteiger partial charge on any atom is -0.392 e. The average molecular weight is 272 g/mol. The van der Waals surface area contributed by atoms with E-state index < -0.39 is 0 Å². The summed E-state index contributed by atoms with van der Waals surface area (Å²) >= 11 is 0. The first kappa shape index (κ1) is 14.1. The van der Waals surface area contributed by atoms with Crippen LogP contribution >= 0.6 is 0 Å². The Morgan fingerprint density at radius 2 is 1.95 bits per heavy atom. The quantitative estimate of drug-likeness (QED) is 0.870. The number of hydrogen-bond donors (Lipinski definition) is 1. The van der Waals surface area contributed by atoms with Crippen molar-refractivity contribution in [3.05, 3.63) is 34.9 Å². The van der Waals surface area contributed by atoms with Crippen LogP contribution in [-0.4, -0.2) is 11.2 Å². The van der Waals surface area contributed by atoms with Crippen LogP contribution in [0.5, 0.6) is 0 Å². The van der Waals surface area contributed by atoms with Crippen molar-refractivity contribution in [2.75, 3.05) is 0 Å². The van der Waals surface area contributed by atoms with E-state index in [-0.39, 0.29) is 6.10 Å². The number of benzene rings is 1. The molecule has 0 heterocycles. The fraction of sp³-hybridized carbons (Fsp3) is 0.684. The van der Waals surface area contributed by atoms with Gasteiger partial charge in [0.1, 0.15) is 0 Å². The molecule has 1 N–H and O–H groups in total. The molecule has 2 unspecified atom stereocenters. The molecule has 0 amide bonds. The van der Waals surface area contributed by atoms with Crippen molar-refractivity contribution >= 4 is 0 Å². The zero-order valence-electron chi connectivity index (χ0n) is 13.0. The van der Waals surface area contributed by atoms with Crippen LogP contribution in [0.4, 0.5) is 0 Å². The summed E-state index contributed by atoms with van der Waals surface area (Å²) < 4.78 is 0. The van der Waals surface area contributed by atoms with Gasteiger partial charge in [0, 0.05) is 0 Å². The zero-order chi connectivity index (χ0) is 14.2. The molecule has 3 rings (SSSR count). The molecular weight excluding hydrogens is 244 g/mol. The lowest BCUT2D eigenvalue weighted by Crippen LogP contribution is -2.37. The normalized spacial score (nSPS) is 26.2. The average Bonchev–Trinajstić information content (AvgIpc) is 2.85. The first-order chi connectivity index (χ1) is 9.56. The van der Waals surface area contributed by atoms with Crippen LogP contribution in [-0.2, 0) is 19.3 Å². The summed E-state index contributed by atoms with van der Waals surface area (Å²) in [6, 6.07) is 6.88. The Balaban J connectivity index is 1.70.